The van der Waals surface area contributed by atoms with Crippen LogP contribution < -0.4 is 5.32 Å². The molecule has 27 heavy (non-hydrogen) atoms. The average Bonchev–Trinajstić information content (AvgIpc) is 2.64. The molecule has 0 spiro atoms. The Balaban J connectivity index is 0.00000676. The summed E-state index contributed by atoms with van der Waals surface area (Å²) in [6.45, 7) is 8.50. The number of hydrogen-bond acceptors (Lipinski definition) is 3. The molecule has 1 aromatic rings. The number of benzene rings is 1. The molecule has 0 saturated heterocycles. The first-order valence-corrected chi connectivity index (χ1v) is 11.0. The van der Waals surface area contributed by atoms with E-state index in [4.69, 9.17) is 0 Å². The first kappa shape index (κ1) is 26.1. The van der Waals surface area contributed by atoms with E-state index >= 15 is 0 Å². The molecule has 1 aromatic carbocycles. The number of aliphatic imine (C=N–C) groups is 1. The van der Waals surface area contributed by atoms with E-state index in [9.17, 15) is 8.42 Å². The Labute approximate surface area is 182 Å². The van der Waals surface area contributed by atoms with E-state index in [-0.39, 0.29) is 29.7 Å². The zero-order valence-corrected chi connectivity index (χ0v) is 20.4. The molecule has 0 unspecified atom stereocenters. The summed E-state index contributed by atoms with van der Waals surface area (Å²) in [5.74, 6) is 0.975. The number of nitrogens with zero attached hydrogens (tertiary/aromatic N) is 3. The second kappa shape index (κ2) is 13.3. The minimum Gasteiger partial charge on any atom is -0.357 e. The van der Waals surface area contributed by atoms with E-state index in [0.717, 1.165) is 25.5 Å². The number of halogens is 1. The maximum Gasteiger partial charge on any atom is 0.213 e. The minimum absolute atomic E-state index is 0. The number of guanidine groups is 1. The fourth-order valence-electron chi connectivity index (χ4n) is 2.54. The highest BCUT2D eigenvalue weighted by molar-refractivity contribution is 14.0. The van der Waals surface area contributed by atoms with Gasteiger partial charge in [-0.3, -0.25) is 4.99 Å². The van der Waals surface area contributed by atoms with Crippen molar-refractivity contribution < 1.29 is 8.42 Å². The van der Waals surface area contributed by atoms with Gasteiger partial charge in [0.15, 0.2) is 5.96 Å². The normalized spacial score (nSPS) is 12.0. The monoisotopic (exact) mass is 510 g/mol. The van der Waals surface area contributed by atoms with Crippen molar-refractivity contribution in [1.82, 2.24) is 14.5 Å². The molecule has 0 radical (unpaired) electrons. The number of rotatable bonds is 10. The van der Waals surface area contributed by atoms with Gasteiger partial charge in [-0.15, -0.1) is 24.0 Å². The molecule has 0 amide bonds. The molecule has 6 nitrogen and oxygen atoms in total. The van der Waals surface area contributed by atoms with Gasteiger partial charge in [-0.1, -0.05) is 31.2 Å². The van der Waals surface area contributed by atoms with Crippen LogP contribution in [0, 0.1) is 0 Å². The number of sulfonamides is 1. The minimum atomic E-state index is -3.11. The van der Waals surface area contributed by atoms with Crippen LogP contribution in [0.4, 0.5) is 0 Å². The molecular formula is C19H35IN4O2S. The maximum atomic E-state index is 11.8. The Bertz CT molecular complexity index is 663. The van der Waals surface area contributed by atoms with Crippen molar-refractivity contribution in [3.63, 3.8) is 0 Å². The van der Waals surface area contributed by atoms with Crippen molar-refractivity contribution in [2.45, 2.75) is 40.2 Å². The second-order valence-corrected chi connectivity index (χ2v) is 8.70. The Morgan fingerprint density at radius 3 is 2.19 bits per heavy atom. The van der Waals surface area contributed by atoms with Crippen LogP contribution in [0.15, 0.2) is 29.3 Å². The zero-order valence-electron chi connectivity index (χ0n) is 17.2. The summed E-state index contributed by atoms with van der Waals surface area (Å²) in [6, 6.07) is 8.64. The molecule has 0 atom stereocenters. The third-order valence-electron chi connectivity index (χ3n) is 4.28. The van der Waals surface area contributed by atoms with Crippen molar-refractivity contribution in [2.75, 3.05) is 39.5 Å². The molecular weight excluding hydrogens is 475 g/mol. The molecule has 156 valence electrons. The summed E-state index contributed by atoms with van der Waals surface area (Å²) >= 11 is 0. The first-order chi connectivity index (χ1) is 12.3. The van der Waals surface area contributed by atoms with Gasteiger partial charge >= 0.3 is 0 Å². The predicted molar refractivity (Wildman–Crippen MR) is 125 cm³/mol. The van der Waals surface area contributed by atoms with Gasteiger partial charge in [-0.2, -0.15) is 0 Å². The van der Waals surface area contributed by atoms with E-state index in [2.05, 4.69) is 46.4 Å². The van der Waals surface area contributed by atoms with Crippen LogP contribution in [0.5, 0.6) is 0 Å². The summed E-state index contributed by atoms with van der Waals surface area (Å²) in [7, 11) is 0.528. The molecule has 0 aromatic heterocycles. The quantitative estimate of drug-likeness (QED) is 0.228. The SMILES string of the molecule is CCNC(=NCCCN(C)S(=O)(=O)CC)N(C)Cc1ccc(CC)cc1.I. The zero-order chi connectivity index (χ0) is 19.6. The van der Waals surface area contributed by atoms with Crippen molar-refractivity contribution >= 4 is 40.0 Å². The van der Waals surface area contributed by atoms with Crippen LogP contribution in [0.1, 0.15) is 38.3 Å². The van der Waals surface area contributed by atoms with Gasteiger partial charge in [0.2, 0.25) is 10.0 Å². The van der Waals surface area contributed by atoms with Crippen LogP contribution in [0.3, 0.4) is 0 Å². The number of hydrogen-bond donors (Lipinski definition) is 1. The van der Waals surface area contributed by atoms with Crippen molar-refractivity contribution in [3.05, 3.63) is 35.4 Å². The van der Waals surface area contributed by atoms with Gasteiger partial charge in [-0.25, -0.2) is 12.7 Å². The lowest BCUT2D eigenvalue weighted by Gasteiger charge is -2.22. The third-order valence-corrected chi connectivity index (χ3v) is 6.14. The molecule has 0 saturated carbocycles. The Kier molecular flexibility index (Phi) is 12.9. The lowest BCUT2D eigenvalue weighted by molar-refractivity contribution is 0.459. The largest absolute Gasteiger partial charge is 0.357 e. The topological polar surface area (TPSA) is 65.0 Å². The summed E-state index contributed by atoms with van der Waals surface area (Å²) in [5.41, 5.74) is 2.58. The first-order valence-electron chi connectivity index (χ1n) is 9.35. The smallest absolute Gasteiger partial charge is 0.213 e. The molecule has 0 aliphatic rings. The van der Waals surface area contributed by atoms with E-state index < -0.39 is 10.0 Å². The summed E-state index contributed by atoms with van der Waals surface area (Å²) in [4.78, 5) is 6.73. The molecule has 0 heterocycles. The molecule has 0 bridgehead atoms. The Hall–Kier alpha value is -0.870. The Morgan fingerprint density at radius 2 is 1.67 bits per heavy atom. The Morgan fingerprint density at radius 1 is 1.07 bits per heavy atom. The number of nitrogens with one attached hydrogen (secondary N) is 1. The van der Waals surface area contributed by atoms with Crippen LogP contribution in [-0.2, 0) is 23.0 Å². The van der Waals surface area contributed by atoms with Crippen LogP contribution >= 0.6 is 24.0 Å². The molecule has 0 fully saturated rings. The molecule has 8 heteroatoms. The van der Waals surface area contributed by atoms with Crippen LogP contribution in [0.25, 0.3) is 0 Å². The van der Waals surface area contributed by atoms with Crippen LogP contribution in [-0.4, -0.2) is 63.1 Å². The van der Waals surface area contributed by atoms with Gasteiger partial charge in [0, 0.05) is 40.3 Å². The van der Waals surface area contributed by atoms with Crippen molar-refractivity contribution in [1.29, 1.82) is 0 Å². The fourth-order valence-corrected chi connectivity index (χ4v) is 3.38. The highest BCUT2D eigenvalue weighted by Crippen LogP contribution is 2.08. The maximum absolute atomic E-state index is 11.8. The highest BCUT2D eigenvalue weighted by Gasteiger charge is 2.14. The van der Waals surface area contributed by atoms with Gasteiger partial charge in [0.05, 0.1) is 5.75 Å². The molecule has 0 aliphatic carbocycles. The van der Waals surface area contributed by atoms with Crippen molar-refractivity contribution in [3.8, 4) is 0 Å². The predicted octanol–water partition coefficient (Wildman–Crippen LogP) is 2.94. The van der Waals surface area contributed by atoms with Gasteiger partial charge in [0.1, 0.15) is 0 Å². The fraction of sp³-hybridized carbons (Fsp3) is 0.632. The lowest BCUT2D eigenvalue weighted by atomic mass is 10.1. The van der Waals surface area contributed by atoms with E-state index in [1.165, 1.54) is 15.4 Å². The lowest BCUT2D eigenvalue weighted by Crippen LogP contribution is -2.38. The molecule has 1 rings (SSSR count). The van der Waals surface area contributed by atoms with Gasteiger partial charge < -0.3 is 10.2 Å². The van der Waals surface area contributed by atoms with E-state index in [1.54, 1.807) is 14.0 Å². The standard InChI is InChI=1S/C19H34N4O2S.HI/c1-6-17-10-12-18(13-11-17)16-22(4)19(20-7-2)21-14-9-15-23(5)26(24,25)8-3;/h10-13H,6-9,14-16H2,1-5H3,(H,20,21);1H. The highest BCUT2D eigenvalue weighted by atomic mass is 127. The second-order valence-electron chi connectivity index (χ2n) is 6.34. The molecule has 1 N–H and O–H groups in total. The van der Waals surface area contributed by atoms with Gasteiger partial charge in [-0.05, 0) is 37.8 Å². The summed E-state index contributed by atoms with van der Waals surface area (Å²) < 4.78 is 24.9. The average molecular weight is 510 g/mol. The third kappa shape index (κ3) is 9.25. The van der Waals surface area contributed by atoms with Gasteiger partial charge in [0.25, 0.3) is 0 Å². The number of aryl methyl sites for hydroxylation is 1. The molecule has 0 aliphatic heterocycles. The van der Waals surface area contributed by atoms with Crippen LogP contribution in [0.2, 0.25) is 0 Å². The van der Waals surface area contributed by atoms with Crippen molar-refractivity contribution in [2.24, 2.45) is 4.99 Å². The summed E-state index contributed by atoms with van der Waals surface area (Å²) in [6.07, 6.45) is 1.74. The summed E-state index contributed by atoms with van der Waals surface area (Å²) in [5, 5.41) is 3.30. The van der Waals surface area contributed by atoms with E-state index in [1.807, 2.05) is 14.0 Å². The van der Waals surface area contributed by atoms with E-state index in [0.29, 0.717) is 19.5 Å².